The maximum Gasteiger partial charge on any atom is 0.339 e. The summed E-state index contributed by atoms with van der Waals surface area (Å²) in [4.78, 5) is 11.8. The van der Waals surface area contributed by atoms with Crippen LogP contribution in [0, 0.1) is 5.92 Å². The van der Waals surface area contributed by atoms with Crippen molar-refractivity contribution in [2.75, 3.05) is 0 Å². The number of carbonyl (C=O) groups excluding carboxylic acids is 1. The first-order valence-electron chi connectivity index (χ1n) is 5.78. The van der Waals surface area contributed by atoms with E-state index in [1.54, 1.807) is 6.92 Å². The largest absolute Gasteiger partial charge is 0.588 e. The summed E-state index contributed by atoms with van der Waals surface area (Å²) in [5, 5.41) is 35.9. The quantitative estimate of drug-likeness (QED) is 0.706. The van der Waals surface area contributed by atoms with Gasteiger partial charge in [0.25, 0.3) is 0 Å². The molecule has 100 valence electrons. The van der Waals surface area contributed by atoms with Gasteiger partial charge in [0.15, 0.2) is 5.78 Å². The van der Waals surface area contributed by atoms with Crippen molar-refractivity contribution >= 4 is 5.78 Å². The zero-order chi connectivity index (χ0) is 14.2. The molecule has 1 atom stereocenters. The molecule has 0 bridgehead atoms. The molecule has 1 aliphatic carbocycles. The van der Waals surface area contributed by atoms with Gasteiger partial charge in [-0.1, -0.05) is 11.6 Å². The van der Waals surface area contributed by atoms with Gasteiger partial charge in [0.1, 0.15) is 5.76 Å². The first-order chi connectivity index (χ1) is 8.90. The number of allylic oxidation sites excluding steroid dienone is 3. The lowest BCUT2D eigenvalue weighted by Gasteiger charge is -2.19. The van der Waals surface area contributed by atoms with Gasteiger partial charge in [-0.15, -0.1) is 0 Å². The highest BCUT2D eigenvalue weighted by Crippen LogP contribution is 2.39. The Morgan fingerprint density at radius 3 is 2.53 bits per heavy atom. The van der Waals surface area contributed by atoms with Crippen LogP contribution in [0.5, 0.6) is 17.2 Å². The molecule has 0 heterocycles. The van der Waals surface area contributed by atoms with Crippen LogP contribution in [0.3, 0.4) is 0 Å². The van der Waals surface area contributed by atoms with E-state index in [-0.39, 0.29) is 35.2 Å². The minimum atomic E-state index is -0.467. The van der Waals surface area contributed by atoms with E-state index in [4.69, 9.17) is 5.11 Å². The van der Waals surface area contributed by atoms with Crippen LogP contribution in [0.2, 0.25) is 0 Å². The van der Waals surface area contributed by atoms with E-state index in [0.29, 0.717) is 11.1 Å². The topological polar surface area (TPSA) is 101 Å². The summed E-state index contributed by atoms with van der Waals surface area (Å²) >= 11 is 0. The van der Waals surface area contributed by atoms with Gasteiger partial charge in [-0.3, -0.25) is 4.79 Å². The number of phenols is 2. The Morgan fingerprint density at radius 2 is 1.89 bits per heavy atom. The maximum atomic E-state index is 11.8. The van der Waals surface area contributed by atoms with Crippen molar-refractivity contribution in [2.45, 2.75) is 13.3 Å². The molecule has 1 unspecified atom stereocenters. The molecule has 0 radical (unpaired) electrons. The minimum absolute atomic E-state index is 0.0742. The van der Waals surface area contributed by atoms with Gasteiger partial charge in [-0.2, -0.15) is 0 Å². The van der Waals surface area contributed by atoms with Crippen molar-refractivity contribution in [1.29, 1.82) is 0 Å². The Hall–Kier alpha value is -2.43. The molecule has 0 saturated heterocycles. The fraction of sp³-hybridized carbons (Fsp3) is 0.214. The third kappa shape index (κ3) is 2.40. The van der Waals surface area contributed by atoms with Crippen LogP contribution in [-0.2, 0) is 11.2 Å². The highest BCUT2D eigenvalue weighted by Gasteiger charge is 2.26. The Labute approximate surface area is 109 Å². The van der Waals surface area contributed by atoms with Crippen molar-refractivity contribution in [3.8, 4) is 17.2 Å². The normalized spacial score (nSPS) is 19.0. The monoisotopic (exact) mass is 263 g/mol. The van der Waals surface area contributed by atoms with Crippen LogP contribution in [0.1, 0.15) is 12.5 Å². The molecule has 2 rings (SSSR count). The van der Waals surface area contributed by atoms with E-state index in [9.17, 15) is 20.1 Å². The number of rotatable bonds is 2. The summed E-state index contributed by atoms with van der Waals surface area (Å²) in [5.74, 6) is -1.75. The number of aliphatic hydroxyl groups is 1. The fourth-order valence-electron chi connectivity index (χ4n) is 2.12. The lowest BCUT2D eigenvalue weighted by Crippen LogP contribution is -2.20. The van der Waals surface area contributed by atoms with Crippen LogP contribution in [0.4, 0.5) is 0 Å². The van der Waals surface area contributed by atoms with Gasteiger partial charge >= 0.3 is 5.75 Å². The second-order valence-electron chi connectivity index (χ2n) is 4.58. The van der Waals surface area contributed by atoms with Gasteiger partial charge in [0.05, 0.1) is 0 Å². The number of aromatic hydroxyl groups is 2. The van der Waals surface area contributed by atoms with Crippen molar-refractivity contribution < 1.29 is 25.2 Å². The number of phenolic OH excluding ortho intramolecular Hbond substituents is 2. The Bertz CT molecular complexity index is 598. The average Bonchev–Trinajstić information content (AvgIpc) is 2.33. The van der Waals surface area contributed by atoms with Gasteiger partial charge in [-0.05, 0) is 25.5 Å². The zero-order valence-corrected chi connectivity index (χ0v) is 10.3. The summed E-state index contributed by atoms with van der Waals surface area (Å²) in [7, 11) is 0. The summed E-state index contributed by atoms with van der Waals surface area (Å²) in [6.45, 7) is 1.73. The Kier molecular flexibility index (Phi) is 3.21. The standard InChI is InChI=1S/C14H14O5/c1-7-4-9(15)6-12(17)10(7)5-8-2-3-11(16)14(19)13(8)18/h2-4,6,10,15-16,18-19H,5H2,1H3/p+1. The van der Waals surface area contributed by atoms with E-state index in [1.165, 1.54) is 18.2 Å². The minimum Gasteiger partial charge on any atom is -0.588 e. The molecular formula is C14H15O5+. The molecule has 19 heavy (non-hydrogen) atoms. The second kappa shape index (κ2) is 4.68. The van der Waals surface area contributed by atoms with Crippen LogP contribution in [0.25, 0.3) is 0 Å². The molecular weight excluding hydrogens is 248 g/mol. The van der Waals surface area contributed by atoms with Crippen molar-refractivity contribution in [3.63, 3.8) is 0 Å². The Balaban J connectivity index is 2.30. The number of aliphatic hydroxyl groups excluding tert-OH is 1. The predicted molar refractivity (Wildman–Crippen MR) is 69.5 cm³/mol. The lowest BCUT2D eigenvalue weighted by molar-refractivity contribution is -0.117. The number of hydrogen-bond donors (Lipinski definition) is 3. The molecule has 5 nitrogen and oxygen atoms in total. The number of ketones is 1. The number of hydrogen-bond acceptors (Lipinski definition) is 4. The van der Waals surface area contributed by atoms with E-state index in [2.05, 4.69) is 0 Å². The zero-order valence-electron chi connectivity index (χ0n) is 10.3. The molecule has 0 amide bonds. The van der Waals surface area contributed by atoms with Gasteiger partial charge < -0.3 is 20.4 Å². The molecule has 0 saturated carbocycles. The van der Waals surface area contributed by atoms with Gasteiger partial charge in [0.2, 0.25) is 11.5 Å². The summed E-state index contributed by atoms with van der Waals surface area (Å²) in [6, 6.07) is 2.80. The smallest absolute Gasteiger partial charge is 0.339 e. The molecule has 5 N–H and O–H groups in total. The van der Waals surface area contributed by atoms with Crippen LogP contribution in [-0.4, -0.2) is 26.2 Å². The molecule has 0 spiro atoms. The van der Waals surface area contributed by atoms with Gasteiger partial charge in [-0.25, -0.2) is 0 Å². The van der Waals surface area contributed by atoms with Crippen molar-refractivity contribution in [2.24, 2.45) is 5.92 Å². The molecule has 0 fully saturated rings. The van der Waals surface area contributed by atoms with Crippen LogP contribution < -0.4 is 0 Å². The van der Waals surface area contributed by atoms with E-state index >= 15 is 0 Å². The fourth-order valence-corrected chi connectivity index (χ4v) is 2.12. The number of benzene rings is 1. The average molecular weight is 263 g/mol. The van der Waals surface area contributed by atoms with Crippen LogP contribution in [0.15, 0.2) is 35.6 Å². The highest BCUT2D eigenvalue weighted by atomic mass is 16.3. The summed E-state index contributed by atoms with van der Waals surface area (Å²) in [6.07, 6.45) is 2.88. The summed E-state index contributed by atoms with van der Waals surface area (Å²) < 4.78 is 0. The first kappa shape index (κ1) is 13.0. The van der Waals surface area contributed by atoms with Crippen molar-refractivity contribution in [1.82, 2.24) is 0 Å². The maximum absolute atomic E-state index is 11.8. The first-order valence-corrected chi connectivity index (χ1v) is 5.78. The third-order valence-corrected chi connectivity index (χ3v) is 3.22. The predicted octanol–water partition coefficient (Wildman–Crippen LogP) is 1.67. The second-order valence-corrected chi connectivity index (χ2v) is 4.58. The number of carbonyl (C=O) groups is 1. The van der Waals surface area contributed by atoms with Crippen LogP contribution >= 0.6 is 0 Å². The Morgan fingerprint density at radius 1 is 1.21 bits per heavy atom. The molecule has 5 heteroatoms. The van der Waals surface area contributed by atoms with E-state index in [1.807, 2.05) is 0 Å². The third-order valence-electron chi connectivity index (χ3n) is 3.22. The molecule has 1 aliphatic rings. The lowest BCUT2D eigenvalue weighted by atomic mass is 9.85. The molecule has 1 aromatic rings. The molecule has 1 aromatic carbocycles. The highest BCUT2D eigenvalue weighted by molar-refractivity contribution is 5.96. The summed E-state index contributed by atoms with van der Waals surface area (Å²) in [5.41, 5.74) is 1.12. The SMILES string of the molecule is CC1=CC(O)=CC(=O)C1Cc1ccc(O)c([OH2+])c1O. The molecule has 0 aromatic heterocycles. The van der Waals surface area contributed by atoms with E-state index < -0.39 is 5.92 Å². The van der Waals surface area contributed by atoms with Gasteiger partial charge in [0, 0.05) is 17.6 Å². The van der Waals surface area contributed by atoms with Crippen molar-refractivity contribution in [3.05, 3.63) is 41.2 Å². The molecule has 0 aliphatic heterocycles. The van der Waals surface area contributed by atoms with E-state index in [0.717, 1.165) is 6.08 Å².